The molecule has 2 aromatic rings. The lowest BCUT2D eigenvalue weighted by molar-refractivity contribution is -0.153. The Balaban J connectivity index is 1.61. The Bertz CT molecular complexity index is 1410. The minimum atomic E-state index is -0.682. The molecular formula is C32H32N2O8S4. The maximum atomic E-state index is 12.1. The van der Waals surface area contributed by atoms with Crippen molar-refractivity contribution in [2.75, 3.05) is 13.2 Å². The van der Waals surface area contributed by atoms with Gasteiger partial charge in [0.1, 0.15) is 29.5 Å². The van der Waals surface area contributed by atoms with E-state index in [1.165, 1.54) is 23.5 Å². The zero-order valence-corrected chi connectivity index (χ0v) is 28.9. The van der Waals surface area contributed by atoms with E-state index in [9.17, 15) is 19.2 Å². The fraction of sp³-hybridized carbons (Fsp3) is 0.375. The highest BCUT2D eigenvalue weighted by atomic mass is 32.2. The monoisotopic (exact) mass is 700 g/mol. The molecule has 0 atom stereocenters. The molecule has 0 amide bonds. The van der Waals surface area contributed by atoms with Crippen molar-refractivity contribution < 1.29 is 38.1 Å². The third-order valence-corrected chi connectivity index (χ3v) is 8.55. The number of thioether (sulfide) groups is 2. The van der Waals surface area contributed by atoms with Gasteiger partial charge < -0.3 is 18.9 Å². The van der Waals surface area contributed by atoms with E-state index in [0.717, 1.165) is 5.56 Å². The summed E-state index contributed by atoms with van der Waals surface area (Å²) in [6.07, 6.45) is -0.899. The molecule has 0 aliphatic carbocycles. The number of carbonyl (C=O) groups is 4. The summed E-state index contributed by atoms with van der Waals surface area (Å²) in [4.78, 5) is 50.9. The van der Waals surface area contributed by atoms with Crippen LogP contribution in [0.1, 0.15) is 64.5 Å². The highest BCUT2D eigenvalue weighted by Gasteiger charge is 2.26. The van der Waals surface area contributed by atoms with Crippen LogP contribution in [0.25, 0.3) is 4.85 Å². The molecule has 0 unspecified atom stereocenters. The highest BCUT2D eigenvalue weighted by molar-refractivity contribution is 8.25. The van der Waals surface area contributed by atoms with Crippen molar-refractivity contribution in [2.45, 2.75) is 63.0 Å². The normalized spacial score (nSPS) is 10.9. The van der Waals surface area contributed by atoms with E-state index < -0.39 is 33.5 Å². The molecular weight excluding hydrogens is 669 g/mol. The molecule has 0 aliphatic heterocycles. The Labute approximate surface area is 287 Å². The summed E-state index contributed by atoms with van der Waals surface area (Å²) >= 11 is 13.2. The number of thiocarbonyl (C=S) groups is 2. The molecule has 0 radical (unpaired) electrons. The van der Waals surface area contributed by atoms with Crippen LogP contribution in [0.3, 0.4) is 0 Å². The minimum absolute atomic E-state index is 0.216. The van der Waals surface area contributed by atoms with Crippen molar-refractivity contribution in [2.24, 2.45) is 0 Å². The van der Waals surface area contributed by atoms with Gasteiger partial charge in [-0.15, -0.1) is 0 Å². The van der Waals surface area contributed by atoms with E-state index in [0.29, 0.717) is 14.0 Å². The fourth-order valence-electron chi connectivity index (χ4n) is 3.17. The first kappa shape index (κ1) is 38.4. The average molecular weight is 701 g/mol. The molecule has 0 bridgehead atoms. The summed E-state index contributed by atoms with van der Waals surface area (Å²) in [5.74, 6) is -2.05. The number of hydrogen-bond acceptors (Lipinski definition) is 13. The van der Waals surface area contributed by atoms with Gasteiger partial charge >= 0.3 is 23.9 Å². The molecule has 0 spiro atoms. The van der Waals surface area contributed by atoms with Crippen LogP contribution in [0.15, 0.2) is 48.5 Å². The van der Waals surface area contributed by atoms with Crippen LogP contribution in [0.2, 0.25) is 0 Å². The van der Waals surface area contributed by atoms with Gasteiger partial charge in [0.15, 0.2) is 0 Å². The molecule has 14 heteroatoms. The third kappa shape index (κ3) is 14.5. The van der Waals surface area contributed by atoms with Gasteiger partial charge in [0.25, 0.3) is 4.87 Å². The summed E-state index contributed by atoms with van der Waals surface area (Å²) in [6.45, 7) is 13.8. The van der Waals surface area contributed by atoms with Crippen molar-refractivity contribution in [1.82, 2.24) is 0 Å². The number of nitrogens with zero attached hydrogens (tertiary/aromatic N) is 2. The molecule has 242 valence electrons. The van der Waals surface area contributed by atoms with Gasteiger partial charge in [-0.05, 0) is 85.3 Å². The van der Waals surface area contributed by atoms with Gasteiger partial charge in [-0.25, -0.2) is 6.57 Å². The predicted octanol–water partition coefficient (Wildman–Crippen LogP) is 6.62. The second kappa shape index (κ2) is 18.4. The van der Waals surface area contributed by atoms with Gasteiger partial charge in [0, 0.05) is 13.8 Å². The van der Waals surface area contributed by atoms with E-state index in [-0.39, 0.29) is 50.4 Å². The van der Waals surface area contributed by atoms with Crippen LogP contribution < -0.4 is 9.47 Å². The number of carbonyl (C=O) groups excluding carboxylic acids is 4. The standard InChI is InChI=1S/C32H32N2O8S4/c1-31(2,20-33)45-29(43)21-6-10-23(11-7-21)41-27(37)16-14-25(35)39-18-19-40-26(36)15-17-28(38)42-24-12-8-22(9-13-24)30(44)46-32(3,4)34-5/h6-13H,14-19H2,1-4H3. The third-order valence-electron chi connectivity index (χ3n) is 5.55. The Hall–Kier alpha value is -3.82. The first-order chi connectivity index (χ1) is 21.6. The smallest absolute Gasteiger partial charge is 0.311 e. The number of benzene rings is 2. The second-order valence-electron chi connectivity index (χ2n) is 10.4. The van der Waals surface area contributed by atoms with Crippen molar-refractivity contribution in [3.63, 3.8) is 0 Å². The number of hydrogen-bond donors (Lipinski definition) is 0. The van der Waals surface area contributed by atoms with Crippen LogP contribution in [-0.4, -0.2) is 55.1 Å². The van der Waals surface area contributed by atoms with Gasteiger partial charge in [0.2, 0.25) is 0 Å². The molecule has 0 N–H and O–H groups in total. The Morgan fingerprint density at radius 3 is 1.46 bits per heavy atom. The highest BCUT2D eigenvalue weighted by Crippen LogP contribution is 2.31. The van der Waals surface area contributed by atoms with Crippen LogP contribution in [0.5, 0.6) is 11.5 Å². The molecule has 2 aromatic carbocycles. The largest absolute Gasteiger partial charge is 0.462 e. The summed E-state index contributed by atoms with van der Waals surface area (Å²) < 4.78 is 20.8. The average Bonchev–Trinajstić information content (AvgIpc) is 3.01. The van der Waals surface area contributed by atoms with Crippen LogP contribution in [0.4, 0.5) is 0 Å². The lowest BCUT2D eigenvalue weighted by atomic mass is 10.2. The summed E-state index contributed by atoms with van der Waals surface area (Å²) in [6, 6.07) is 15.2. The van der Waals surface area contributed by atoms with Crippen molar-refractivity contribution in [1.29, 1.82) is 5.26 Å². The van der Waals surface area contributed by atoms with E-state index in [1.54, 1.807) is 76.2 Å². The van der Waals surface area contributed by atoms with Crippen molar-refractivity contribution in [3.05, 3.63) is 71.1 Å². The predicted molar refractivity (Wildman–Crippen MR) is 183 cm³/mol. The van der Waals surface area contributed by atoms with Gasteiger partial charge in [0.05, 0.1) is 40.1 Å². The Morgan fingerprint density at radius 1 is 0.717 bits per heavy atom. The van der Waals surface area contributed by atoms with E-state index in [2.05, 4.69) is 10.9 Å². The molecule has 0 saturated heterocycles. The lowest BCUT2D eigenvalue weighted by Crippen LogP contribution is -2.17. The molecule has 2 rings (SSSR count). The first-order valence-electron chi connectivity index (χ1n) is 13.8. The summed E-state index contributed by atoms with van der Waals surface area (Å²) in [5.41, 5.74) is 1.44. The van der Waals surface area contributed by atoms with Crippen molar-refractivity contribution in [3.8, 4) is 17.6 Å². The maximum Gasteiger partial charge on any atom is 0.311 e. The topological polar surface area (TPSA) is 133 Å². The van der Waals surface area contributed by atoms with E-state index in [4.69, 9.17) is 55.2 Å². The number of rotatable bonds is 15. The molecule has 10 nitrogen and oxygen atoms in total. The van der Waals surface area contributed by atoms with E-state index >= 15 is 0 Å². The minimum Gasteiger partial charge on any atom is -0.462 e. The number of esters is 4. The number of nitriles is 1. The Morgan fingerprint density at radius 2 is 1.09 bits per heavy atom. The van der Waals surface area contributed by atoms with Crippen LogP contribution in [0, 0.1) is 17.9 Å². The van der Waals surface area contributed by atoms with Crippen LogP contribution >= 0.6 is 48.0 Å². The fourth-order valence-corrected chi connectivity index (χ4v) is 6.19. The van der Waals surface area contributed by atoms with E-state index in [1.807, 2.05) is 0 Å². The van der Waals surface area contributed by atoms with Gasteiger partial charge in [-0.2, -0.15) is 5.26 Å². The summed E-state index contributed by atoms with van der Waals surface area (Å²) in [5, 5.41) is 9.16. The lowest BCUT2D eigenvalue weighted by Gasteiger charge is -2.15. The van der Waals surface area contributed by atoms with Crippen LogP contribution in [-0.2, 0) is 28.7 Å². The molecule has 0 saturated carbocycles. The molecule has 0 fully saturated rings. The maximum absolute atomic E-state index is 12.1. The van der Waals surface area contributed by atoms with Crippen molar-refractivity contribution >= 4 is 80.2 Å². The van der Waals surface area contributed by atoms with Gasteiger partial charge in [-0.3, -0.25) is 24.0 Å². The quantitative estimate of drug-likeness (QED) is 0.0649. The summed E-state index contributed by atoms with van der Waals surface area (Å²) in [7, 11) is 0. The molecule has 0 heterocycles. The second-order valence-corrected chi connectivity index (χ2v) is 15.0. The SMILES string of the molecule is [C-]#[N+]C(C)(C)SC(=S)c1ccc(OC(=O)CCC(=O)OCCOC(=O)CCC(=O)Oc2ccc(C(=S)SC(C)(C)C#N)cc2)cc1. The molecule has 0 aromatic heterocycles. The van der Waals surface area contributed by atoms with Gasteiger partial charge in [-0.1, -0.05) is 36.2 Å². The zero-order chi connectivity index (χ0) is 34.3. The first-order valence-corrected chi connectivity index (χ1v) is 16.3. The number of ether oxygens (including phenoxy) is 4. The molecule has 46 heavy (non-hydrogen) atoms. The zero-order valence-electron chi connectivity index (χ0n) is 25.7. The Kier molecular flexibility index (Phi) is 15.3. The molecule has 0 aliphatic rings.